The molecular weight excluding hydrogens is 362 g/mol. The van der Waals surface area contributed by atoms with Gasteiger partial charge in [-0.25, -0.2) is 0 Å². The van der Waals surface area contributed by atoms with Gasteiger partial charge >= 0.3 is 0 Å². The fourth-order valence-electron chi connectivity index (χ4n) is 2.60. The molecule has 130 valence electrons. The highest BCUT2D eigenvalue weighted by atomic mass is 32.2. The molecule has 0 radical (unpaired) electrons. The third-order valence-corrected chi connectivity index (χ3v) is 5.18. The van der Waals surface area contributed by atoms with Crippen molar-refractivity contribution in [2.45, 2.75) is 13.8 Å². The SMILES string of the molecule is CC(=O)c1ccc(N2C(=O)C(=CC(C)=Cc3ccccc3)SC2=S)cc1. The van der Waals surface area contributed by atoms with Crippen LogP contribution < -0.4 is 4.90 Å². The number of thioether (sulfide) groups is 1. The summed E-state index contributed by atoms with van der Waals surface area (Å²) in [6, 6.07) is 16.9. The number of nitrogens with zero attached hydrogens (tertiary/aromatic N) is 1. The highest BCUT2D eigenvalue weighted by Crippen LogP contribution is 2.35. The molecule has 0 aliphatic carbocycles. The standard InChI is InChI=1S/C21H17NO2S2/c1-14(12-16-6-4-3-5-7-16)13-19-20(24)22(21(25)26-19)18-10-8-17(9-11-18)15(2)23/h3-13H,1-2H3. The minimum Gasteiger partial charge on any atom is -0.295 e. The summed E-state index contributed by atoms with van der Waals surface area (Å²) in [5, 5.41) is 0. The van der Waals surface area contributed by atoms with E-state index in [9.17, 15) is 9.59 Å². The van der Waals surface area contributed by atoms with E-state index in [-0.39, 0.29) is 11.7 Å². The van der Waals surface area contributed by atoms with Crippen molar-refractivity contribution in [3.05, 3.63) is 82.3 Å². The maximum Gasteiger partial charge on any atom is 0.270 e. The molecule has 3 rings (SSSR count). The molecule has 0 atom stereocenters. The number of carbonyl (C=O) groups excluding carboxylic acids is 2. The van der Waals surface area contributed by atoms with Crippen LogP contribution in [0.3, 0.4) is 0 Å². The Balaban J connectivity index is 1.84. The highest BCUT2D eigenvalue weighted by molar-refractivity contribution is 8.27. The maximum atomic E-state index is 12.8. The van der Waals surface area contributed by atoms with Crippen LogP contribution in [0.5, 0.6) is 0 Å². The number of hydrogen-bond donors (Lipinski definition) is 0. The summed E-state index contributed by atoms with van der Waals surface area (Å²) in [6.07, 6.45) is 3.88. The second-order valence-electron chi connectivity index (χ2n) is 5.92. The molecule has 5 heteroatoms. The van der Waals surface area contributed by atoms with E-state index in [1.165, 1.54) is 23.6 Å². The summed E-state index contributed by atoms with van der Waals surface area (Å²) in [4.78, 5) is 26.3. The zero-order chi connectivity index (χ0) is 18.7. The molecule has 26 heavy (non-hydrogen) atoms. The van der Waals surface area contributed by atoms with Crippen LogP contribution in [0.1, 0.15) is 29.8 Å². The lowest BCUT2D eigenvalue weighted by Gasteiger charge is -2.14. The van der Waals surface area contributed by atoms with Crippen molar-refractivity contribution in [2.75, 3.05) is 4.90 Å². The Kier molecular flexibility index (Phi) is 5.49. The summed E-state index contributed by atoms with van der Waals surface area (Å²) in [7, 11) is 0. The van der Waals surface area contributed by atoms with E-state index in [2.05, 4.69) is 0 Å². The van der Waals surface area contributed by atoms with Gasteiger partial charge in [-0.2, -0.15) is 0 Å². The number of allylic oxidation sites excluding steroid dienone is 2. The molecular formula is C21H17NO2S2. The van der Waals surface area contributed by atoms with Gasteiger partial charge in [0.1, 0.15) is 0 Å². The average molecular weight is 380 g/mol. The number of thiocarbonyl (C=S) groups is 1. The zero-order valence-corrected chi connectivity index (χ0v) is 16.1. The van der Waals surface area contributed by atoms with E-state index in [0.29, 0.717) is 20.5 Å². The van der Waals surface area contributed by atoms with Gasteiger partial charge in [0.2, 0.25) is 0 Å². The first-order valence-electron chi connectivity index (χ1n) is 8.08. The van der Waals surface area contributed by atoms with Crippen LogP contribution in [0, 0.1) is 0 Å². The summed E-state index contributed by atoms with van der Waals surface area (Å²) < 4.78 is 0.490. The smallest absolute Gasteiger partial charge is 0.270 e. The molecule has 0 saturated carbocycles. The van der Waals surface area contributed by atoms with Gasteiger partial charge in [0.05, 0.1) is 10.6 Å². The van der Waals surface area contributed by atoms with Crippen LogP contribution >= 0.6 is 24.0 Å². The van der Waals surface area contributed by atoms with Crippen LogP contribution in [-0.2, 0) is 4.79 Å². The molecule has 1 heterocycles. The molecule has 1 fully saturated rings. The molecule has 1 amide bonds. The monoisotopic (exact) mass is 379 g/mol. The minimum atomic E-state index is -0.142. The van der Waals surface area contributed by atoms with Gasteiger partial charge in [-0.3, -0.25) is 14.5 Å². The number of ketones is 1. The van der Waals surface area contributed by atoms with Crippen LogP contribution in [0.2, 0.25) is 0 Å². The average Bonchev–Trinajstić information content (AvgIpc) is 2.89. The number of anilines is 1. The molecule has 2 aromatic rings. The second-order valence-corrected chi connectivity index (χ2v) is 7.59. The Morgan fingerprint density at radius 1 is 1.04 bits per heavy atom. The van der Waals surface area contributed by atoms with Crippen molar-refractivity contribution in [1.29, 1.82) is 0 Å². The van der Waals surface area contributed by atoms with Crippen LogP contribution in [0.25, 0.3) is 6.08 Å². The molecule has 0 bridgehead atoms. The fraction of sp³-hybridized carbons (Fsp3) is 0.0952. The Labute approximate surface area is 162 Å². The second kappa shape index (κ2) is 7.81. The quantitative estimate of drug-likeness (QED) is 0.413. The molecule has 1 aliphatic rings. The van der Waals surface area contributed by atoms with Gasteiger partial charge in [0.25, 0.3) is 5.91 Å². The summed E-state index contributed by atoms with van der Waals surface area (Å²) in [5.41, 5.74) is 3.34. The van der Waals surface area contributed by atoms with Crippen molar-refractivity contribution in [1.82, 2.24) is 0 Å². The van der Waals surface area contributed by atoms with Crippen molar-refractivity contribution in [2.24, 2.45) is 0 Å². The van der Waals surface area contributed by atoms with Crippen molar-refractivity contribution in [3.8, 4) is 0 Å². The Hall–Kier alpha value is -2.50. The Bertz CT molecular complexity index is 928. The first-order valence-corrected chi connectivity index (χ1v) is 9.30. The van der Waals surface area contributed by atoms with Crippen LogP contribution in [0.4, 0.5) is 5.69 Å². The molecule has 0 aromatic heterocycles. The summed E-state index contributed by atoms with van der Waals surface area (Å²) >= 11 is 6.67. The number of hydrogen-bond acceptors (Lipinski definition) is 4. The predicted octanol–water partition coefficient (Wildman–Crippen LogP) is 5.24. The first kappa shape index (κ1) is 18.3. The van der Waals surface area contributed by atoms with E-state index in [1.54, 1.807) is 24.3 Å². The first-order chi connectivity index (χ1) is 12.5. The van der Waals surface area contributed by atoms with E-state index in [4.69, 9.17) is 12.2 Å². The molecule has 3 nitrogen and oxygen atoms in total. The summed E-state index contributed by atoms with van der Waals surface area (Å²) in [6.45, 7) is 3.47. The Morgan fingerprint density at radius 2 is 1.69 bits per heavy atom. The van der Waals surface area contributed by atoms with Gasteiger partial charge < -0.3 is 0 Å². The van der Waals surface area contributed by atoms with Gasteiger partial charge in [0.15, 0.2) is 10.1 Å². The summed E-state index contributed by atoms with van der Waals surface area (Å²) in [5.74, 6) is -0.153. The highest BCUT2D eigenvalue weighted by Gasteiger charge is 2.33. The molecule has 2 aromatic carbocycles. The zero-order valence-electron chi connectivity index (χ0n) is 14.4. The molecule has 0 N–H and O–H groups in total. The minimum absolute atomic E-state index is 0.0106. The maximum absolute atomic E-state index is 12.8. The molecule has 0 spiro atoms. The van der Waals surface area contributed by atoms with Crippen molar-refractivity contribution < 1.29 is 9.59 Å². The lowest BCUT2D eigenvalue weighted by atomic mass is 10.1. The normalized spacial score (nSPS) is 16.5. The molecule has 1 saturated heterocycles. The third kappa shape index (κ3) is 4.00. The Morgan fingerprint density at radius 3 is 2.31 bits per heavy atom. The largest absolute Gasteiger partial charge is 0.295 e. The topological polar surface area (TPSA) is 37.4 Å². The van der Waals surface area contributed by atoms with Crippen molar-refractivity contribution >= 4 is 51.8 Å². The van der Waals surface area contributed by atoms with Gasteiger partial charge in [-0.15, -0.1) is 0 Å². The van der Waals surface area contributed by atoms with E-state index in [1.807, 2.05) is 49.4 Å². The number of amides is 1. The van der Waals surface area contributed by atoms with Crippen molar-refractivity contribution in [3.63, 3.8) is 0 Å². The number of Topliss-reactive ketones (excluding diaryl/α,β-unsaturated/α-hetero) is 1. The number of benzene rings is 2. The van der Waals surface area contributed by atoms with Crippen LogP contribution in [-0.4, -0.2) is 16.0 Å². The van der Waals surface area contributed by atoms with E-state index < -0.39 is 0 Å². The predicted molar refractivity (Wildman–Crippen MR) is 112 cm³/mol. The van der Waals surface area contributed by atoms with E-state index >= 15 is 0 Å². The molecule has 0 unspecified atom stereocenters. The lowest BCUT2D eigenvalue weighted by Crippen LogP contribution is -2.27. The number of carbonyl (C=O) groups is 2. The number of rotatable bonds is 4. The third-order valence-electron chi connectivity index (χ3n) is 3.88. The fourth-order valence-corrected chi connectivity index (χ4v) is 3.94. The van der Waals surface area contributed by atoms with E-state index in [0.717, 1.165) is 11.1 Å². The van der Waals surface area contributed by atoms with Crippen LogP contribution in [0.15, 0.2) is 71.2 Å². The lowest BCUT2D eigenvalue weighted by molar-refractivity contribution is -0.113. The van der Waals surface area contributed by atoms with Gasteiger partial charge in [0, 0.05) is 5.56 Å². The van der Waals surface area contributed by atoms with Gasteiger partial charge in [-0.1, -0.05) is 60.4 Å². The van der Waals surface area contributed by atoms with Gasteiger partial charge in [-0.05, 0) is 55.3 Å². The molecule has 1 aliphatic heterocycles.